The Balaban J connectivity index is 1.42. The van der Waals surface area contributed by atoms with Crippen LogP contribution in [-0.4, -0.2) is 27.4 Å². The minimum Gasteiger partial charge on any atom is -0.459 e. The van der Waals surface area contributed by atoms with Crippen LogP contribution < -0.4 is 10.6 Å². The summed E-state index contributed by atoms with van der Waals surface area (Å²) < 4.78 is 6.31. The smallest absolute Gasteiger partial charge is 0.226 e. The molecule has 9 heteroatoms. The normalized spacial score (nSPS) is 17.2. The van der Waals surface area contributed by atoms with E-state index in [2.05, 4.69) is 15.6 Å². The minimum absolute atomic E-state index is 0.0999. The Morgan fingerprint density at radius 2 is 1.86 bits per heavy atom. The van der Waals surface area contributed by atoms with Crippen LogP contribution >= 0.6 is 35.4 Å². The number of anilines is 1. The number of halogens is 2. The van der Waals surface area contributed by atoms with Crippen molar-refractivity contribution in [2.75, 3.05) is 11.9 Å². The molecule has 0 saturated carbocycles. The fraction of sp³-hybridized carbons (Fsp3) is 0.148. The maximum absolute atomic E-state index is 12.7. The SMILES string of the molecule is O=C(CCN1C(=S)NC(c2ccccn2)C1c1ccc(-c2ccc(Cl)cc2Cl)o1)Nc1ccccc1. The molecule has 0 bridgehead atoms. The molecule has 1 amide bonds. The third kappa shape index (κ3) is 5.23. The molecule has 6 nitrogen and oxygen atoms in total. The molecule has 1 aliphatic heterocycles. The standard InChI is InChI=1S/C27H22Cl2N4O2S/c28-17-9-10-19(20(29)16-17)22-11-12-23(35-22)26-25(21-8-4-5-14-30-21)32-27(36)33(26)15-13-24(34)31-18-6-2-1-3-7-18/h1-12,14,16,25-26H,13,15H2,(H,31,34)(H,32,36). The van der Waals surface area contributed by atoms with Crippen molar-refractivity contribution >= 4 is 52.1 Å². The van der Waals surface area contributed by atoms with E-state index in [-0.39, 0.29) is 24.4 Å². The van der Waals surface area contributed by atoms with Gasteiger partial charge in [-0.2, -0.15) is 0 Å². The molecule has 182 valence electrons. The van der Waals surface area contributed by atoms with Crippen molar-refractivity contribution in [1.29, 1.82) is 0 Å². The van der Waals surface area contributed by atoms with Crippen LogP contribution in [0, 0.1) is 0 Å². The predicted molar refractivity (Wildman–Crippen MR) is 146 cm³/mol. The second-order valence-corrected chi connectivity index (χ2v) is 9.54. The van der Waals surface area contributed by atoms with Crippen LogP contribution in [0.5, 0.6) is 0 Å². The van der Waals surface area contributed by atoms with Crippen LogP contribution in [0.2, 0.25) is 10.0 Å². The number of para-hydroxylation sites is 1. The molecular formula is C27H22Cl2N4O2S. The zero-order valence-corrected chi connectivity index (χ0v) is 21.4. The molecule has 3 heterocycles. The van der Waals surface area contributed by atoms with Gasteiger partial charge in [0.15, 0.2) is 5.11 Å². The lowest BCUT2D eigenvalue weighted by molar-refractivity contribution is -0.116. The summed E-state index contributed by atoms with van der Waals surface area (Å²) in [6.45, 7) is 0.399. The Hall–Kier alpha value is -3.39. The second kappa shape index (κ2) is 10.7. The van der Waals surface area contributed by atoms with Crippen LogP contribution in [0.3, 0.4) is 0 Å². The van der Waals surface area contributed by atoms with E-state index in [0.29, 0.717) is 33.2 Å². The molecule has 2 unspecified atom stereocenters. The van der Waals surface area contributed by atoms with Gasteiger partial charge in [-0.3, -0.25) is 9.78 Å². The average molecular weight is 537 g/mol. The summed E-state index contributed by atoms with van der Waals surface area (Å²) in [5, 5.41) is 7.88. The van der Waals surface area contributed by atoms with Gasteiger partial charge in [0.2, 0.25) is 5.91 Å². The van der Waals surface area contributed by atoms with Crippen LogP contribution in [0.15, 0.2) is 89.5 Å². The number of furan rings is 1. The molecule has 4 aromatic rings. The Morgan fingerprint density at radius 1 is 1.06 bits per heavy atom. The summed E-state index contributed by atoms with van der Waals surface area (Å²) >= 11 is 18.2. The molecule has 2 atom stereocenters. The number of hydrogen-bond acceptors (Lipinski definition) is 4. The Kier molecular flexibility index (Phi) is 7.23. The van der Waals surface area contributed by atoms with E-state index in [9.17, 15) is 4.79 Å². The van der Waals surface area contributed by atoms with Gasteiger partial charge in [0.05, 0.1) is 16.8 Å². The molecule has 1 fully saturated rings. The summed E-state index contributed by atoms with van der Waals surface area (Å²) in [6, 6.07) is 23.6. The van der Waals surface area contributed by atoms with E-state index in [1.54, 1.807) is 18.3 Å². The van der Waals surface area contributed by atoms with Gasteiger partial charge < -0.3 is 20.0 Å². The van der Waals surface area contributed by atoms with Crippen molar-refractivity contribution in [3.8, 4) is 11.3 Å². The maximum atomic E-state index is 12.7. The first-order valence-corrected chi connectivity index (χ1v) is 12.5. The van der Waals surface area contributed by atoms with Gasteiger partial charge >= 0.3 is 0 Å². The van der Waals surface area contributed by atoms with Crippen molar-refractivity contribution in [1.82, 2.24) is 15.2 Å². The molecule has 1 saturated heterocycles. The number of hydrogen-bond donors (Lipinski definition) is 2. The quantitative estimate of drug-likeness (QED) is 0.257. The van der Waals surface area contributed by atoms with Crippen LogP contribution in [0.1, 0.15) is 30.0 Å². The lowest BCUT2D eigenvalue weighted by Crippen LogP contribution is -2.32. The van der Waals surface area contributed by atoms with Gasteiger partial charge in [-0.25, -0.2) is 0 Å². The molecule has 0 aliphatic carbocycles. The first-order valence-electron chi connectivity index (χ1n) is 11.4. The highest BCUT2D eigenvalue weighted by Crippen LogP contribution is 2.41. The summed E-state index contributed by atoms with van der Waals surface area (Å²) in [4.78, 5) is 19.2. The highest BCUT2D eigenvalue weighted by Gasteiger charge is 2.41. The number of amides is 1. The van der Waals surface area contributed by atoms with Crippen LogP contribution in [-0.2, 0) is 4.79 Å². The number of carbonyl (C=O) groups excluding carboxylic acids is 1. The van der Waals surface area contributed by atoms with Gasteiger partial charge in [-0.05, 0) is 66.8 Å². The van der Waals surface area contributed by atoms with Crippen LogP contribution in [0.25, 0.3) is 11.3 Å². The Labute approximate surface area is 224 Å². The summed E-state index contributed by atoms with van der Waals surface area (Å²) in [5.41, 5.74) is 2.32. The van der Waals surface area contributed by atoms with Gasteiger partial charge in [-0.15, -0.1) is 0 Å². The van der Waals surface area contributed by atoms with Crippen molar-refractivity contribution in [2.24, 2.45) is 0 Å². The van der Waals surface area contributed by atoms with E-state index in [1.807, 2.05) is 71.6 Å². The van der Waals surface area contributed by atoms with Gasteiger partial charge in [-0.1, -0.05) is 47.5 Å². The molecule has 0 radical (unpaired) electrons. The van der Waals surface area contributed by atoms with Crippen molar-refractivity contribution in [3.63, 3.8) is 0 Å². The molecule has 0 spiro atoms. The molecule has 2 aromatic carbocycles. The fourth-order valence-electron chi connectivity index (χ4n) is 4.27. The number of pyridine rings is 1. The molecule has 1 aliphatic rings. The zero-order chi connectivity index (χ0) is 25.1. The number of rotatable bonds is 7. The summed E-state index contributed by atoms with van der Waals surface area (Å²) in [7, 11) is 0. The largest absolute Gasteiger partial charge is 0.459 e. The summed E-state index contributed by atoms with van der Waals surface area (Å²) in [6.07, 6.45) is 1.99. The number of nitrogens with one attached hydrogen (secondary N) is 2. The number of carbonyl (C=O) groups is 1. The van der Waals surface area contributed by atoms with E-state index in [1.165, 1.54) is 0 Å². The number of aromatic nitrogens is 1. The number of benzene rings is 2. The minimum atomic E-state index is -0.309. The van der Waals surface area contributed by atoms with Crippen LogP contribution in [0.4, 0.5) is 5.69 Å². The molecule has 2 aromatic heterocycles. The van der Waals surface area contributed by atoms with Crippen molar-refractivity contribution in [3.05, 3.63) is 107 Å². The number of nitrogens with zero attached hydrogens (tertiary/aromatic N) is 2. The number of thiocarbonyl (C=S) groups is 1. The molecule has 2 N–H and O–H groups in total. The zero-order valence-electron chi connectivity index (χ0n) is 19.0. The molecule has 36 heavy (non-hydrogen) atoms. The Morgan fingerprint density at radius 3 is 2.61 bits per heavy atom. The van der Waals surface area contributed by atoms with Crippen molar-refractivity contribution < 1.29 is 9.21 Å². The highest BCUT2D eigenvalue weighted by molar-refractivity contribution is 7.80. The monoisotopic (exact) mass is 536 g/mol. The van der Waals surface area contributed by atoms with E-state index in [0.717, 1.165) is 16.9 Å². The van der Waals surface area contributed by atoms with Gasteiger partial charge in [0.1, 0.15) is 17.6 Å². The van der Waals surface area contributed by atoms with E-state index < -0.39 is 0 Å². The third-order valence-electron chi connectivity index (χ3n) is 5.95. The first-order chi connectivity index (χ1) is 17.5. The second-order valence-electron chi connectivity index (χ2n) is 8.31. The van der Waals surface area contributed by atoms with Gasteiger partial charge in [0.25, 0.3) is 0 Å². The third-order valence-corrected chi connectivity index (χ3v) is 6.85. The topological polar surface area (TPSA) is 70.4 Å². The van der Waals surface area contributed by atoms with Crippen molar-refractivity contribution in [2.45, 2.75) is 18.5 Å². The lowest BCUT2D eigenvalue weighted by atomic mass is 10.0. The highest BCUT2D eigenvalue weighted by atomic mass is 35.5. The fourth-order valence-corrected chi connectivity index (χ4v) is 5.10. The maximum Gasteiger partial charge on any atom is 0.226 e. The summed E-state index contributed by atoms with van der Waals surface area (Å²) in [5.74, 6) is 1.20. The van der Waals surface area contributed by atoms with E-state index >= 15 is 0 Å². The molecular weight excluding hydrogens is 515 g/mol. The predicted octanol–water partition coefficient (Wildman–Crippen LogP) is 6.65. The lowest BCUT2D eigenvalue weighted by Gasteiger charge is -2.25. The van der Waals surface area contributed by atoms with Gasteiger partial charge in [0, 0.05) is 35.4 Å². The average Bonchev–Trinajstić information content (AvgIpc) is 3.48. The first kappa shape index (κ1) is 24.3. The van der Waals surface area contributed by atoms with E-state index in [4.69, 9.17) is 39.8 Å². The molecule has 5 rings (SSSR count). The Bertz CT molecular complexity index is 1380.